The van der Waals surface area contributed by atoms with Gasteiger partial charge in [0.15, 0.2) is 0 Å². The SMILES string of the molecule is CC(=O)Nc1ccc(C(=O)N2CCN(Cc3nc(-c4ccccc4)oc3C)CC2)cc1. The van der Waals surface area contributed by atoms with E-state index in [1.54, 1.807) is 24.3 Å². The van der Waals surface area contributed by atoms with E-state index >= 15 is 0 Å². The molecule has 1 fully saturated rings. The van der Waals surface area contributed by atoms with Gasteiger partial charge in [0.25, 0.3) is 5.91 Å². The monoisotopic (exact) mass is 418 g/mol. The zero-order chi connectivity index (χ0) is 21.8. The van der Waals surface area contributed by atoms with Crippen LogP contribution in [0, 0.1) is 6.92 Å². The number of rotatable bonds is 5. The van der Waals surface area contributed by atoms with Crippen LogP contribution >= 0.6 is 0 Å². The van der Waals surface area contributed by atoms with Gasteiger partial charge in [-0.25, -0.2) is 4.98 Å². The molecule has 0 bridgehead atoms. The maximum absolute atomic E-state index is 12.8. The lowest BCUT2D eigenvalue weighted by Crippen LogP contribution is -2.48. The lowest BCUT2D eigenvalue weighted by Gasteiger charge is -2.34. The summed E-state index contributed by atoms with van der Waals surface area (Å²) in [4.78, 5) is 32.8. The average Bonchev–Trinajstić information content (AvgIpc) is 3.15. The van der Waals surface area contributed by atoms with E-state index in [2.05, 4.69) is 15.2 Å². The first kappa shape index (κ1) is 20.8. The molecule has 2 amide bonds. The zero-order valence-electron chi connectivity index (χ0n) is 17.8. The Bertz CT molecular complexity index is 1050. The van der Waals surface area contributed by atoms with Crippen molar-refractivity contribution in [2.75, 3.05) is 31.5 Å². The standard InChI is InChI=1S/C24H26N4O3/c1-17-22(26-23(31-17)19-6-4-3-5-7-19)16-27-12-14-28(15-13-27)24(30)20-8-10-21(11-9-20)25-18(2)29/h3-11H,12-16H2,1-2H3,(H,25,29). The molecule has 1 saturated heterocycles. The Balaban J connectivity index is 1.33. The number of hydrogen-bond acceptors (Lipinski definition) is 5. The van der Waals surface area contributed by atoms with Crippen molar-refractivity contribution in [3.63, 3.8) is 0 Å². The van der Waals surface area contributed by atoms with Crippen LogP contribution in [0.25, 0.3) is 11.5 Å². The summed E-state index contributed by atoms with van der Waals surface area (Å²) in [6.07, 6.45) is 0. The molecule has 1 aliphatic rings. The van der Waals surface area contributed by atoms with E-state index in [4.69, 9.17) is 4.42 Å². The Morgan fingerprint density at radius 3 is 2.32 bits per heavy atom. The molecule has 2 heterocycles. The largest absolute Gasteiger partial charge is 0.441 e. The number of nitrogens with one attached hydrogen (secondary N) is 1. The van der Waals surface area contributed by atoms with Gasteiger partial charge in [-0.3, -0.25) is 14.5 Å². The number of carbonyl (C=O) groups is 2. The van der Waals surface area contributed by atoms with Crippen LogP contribution < -0.4 is 5.32 Å². The predicted octanol–water partition coefficient (Wildman–Crippen LogP) is 3.57. The van der Waals surface area contributed by atoms with E-state index in [-0.39, 0.29) is 11.8 Å². The number of carbonyl (C=O) groups excluding carboxylic acids is 2. The fourth-order valence-electron chi connectivity index (χ4n) is 3.68. The molecule has 4 rings (SSSR count). The van der Waals surface area contributed by atoms with Gasteiger partial charge < -0.3 is 14.6 Å². The second-order valence-corrected chi connectivity index (χ2v) is 7.71. The number of oxazole rings is 1. The third-order valence-electron chi connectivity index (χ3n) is 5.40. The third kappa shape index (κ3) is 5.00. The minimum absolute atomic E-state index is 0.0120. The minimum Gasteiger partial charge on any atom is -0.441 e. The van der Waals surface area contributed by atoms with Crippen LogP contribution in [0.5, 0.6) is 0 Å². The van der Waals surface area contributed by atoms with E-state index in [0.29, 0.717) is 36.8 Å². The molecular weight excluding hydrogens is 392 g/mol. The van der Waals surface area contributed by atoms with Gasteiger partial charge in [-0.2, -0.15) is 0 Å². The lowest BCUT2D eigenvalue weighted by molar-refractivity contribution is -0.114. The van der Waals surface area contributed by atoms with Gasteiger partial charge >= 0.3 is 0 Å². The maximum Gasteiger partial charge on any atom is 0.253 e. The molecular formula is C24H26N4O3. The number of anilines is 1. The van der Waals surface area contributed by atoms with Gasteiger partial charge in [0.2, 0.25) is 11.8 Å². The van der Waals surface area contributed by atoms with Crippen LogP contribution in [-0.4, -0.2) is 52.8 Å². The zero-order valence-corrected chi connectivity index (χ0v) is 17.8. The highest BCUT2D eigenvalue weighted by atomic mass is 16.4. The van der Waals surface area contributed by atoms with E-state index in [0.717, 1.165) is 30.1 Å². The average molecular weight is 418 g/mol. The minimum atomic E-state index is -0.131. The topological polar surface area (TPSA) is 78.7 Å². The van der Waals surface area contributed by atoms with Crippen molar-refractivity contribution >= 4 is 17.5 Å². The van der Waals surface area contributed by atoms with Crippen LogP contribution in [0.4, 0.5) is 5.69 Å². The first-order valence-electron chi connectivity index (χ1n) is 10.4. The molecule has 7 nitrogen and oxygen atoms in total. The molecule has 1 aliphatic heterocycles. The number of nitrogens with zero attached hydrogens (tertiary/aromatic N) is 3. The Kier molecular flexibility index (Phi) is 6.13. The molecule has 7 heteroatoms. The van der Waals surface area contributed by atoms with Crippen molar-refractivity contribution in [2.24, 2.45) is 0 Å². The number of aromatic nitrogens is 1. The van der Waals surface area contributed by atoms with E-state index in [1.165, 1.54) is 6.92 Å². The molecule has 0 aliphatic carbocycles. The Labute approximate surface area is 181 Å². The molecule has 3 aromatic rings. The first-order chi connectivity index (χ1) is 15.0. The van der Waals surface area contributed by atoms with E-state index < -0.39 is 0 Å². The second-order valence-electron chi connectivity index (χ2n) is 7.71. The van der Waals surface area contributed by atoms with Gasteiger partial charge in [-0.1, -0.05) is 18.2 Å². The molecule has 2 aromatic carbocycles. The lowest BCUT2D eigenvalue weighted by atomic mass is 10.1. The molecule has 0 atom stereocenters. The number of benzene rings is 2. The molecule has 0 radical (unpaired) electrons. The highest BCUT2D eigenvalue weighted by Gasteiger charge is 2.23. The summed E-state index contributed by atoms with van der Waals surface area (Å²) in [5, 5.41) is 2.71. The number of aryl methyl sites for hydroxylation is 1. The number of hydrogen-bond donors (Lipinski definition) is 1. The summed E-state index contributed by atoms with van der Waals surface area (Å²) in [6.45, 7) is 6.99. The van der Waals surface area contributed by atoms with Gasteiger partial charge in [0.1, 0.15) is 5.76 Å². The van der Waals surface area contributed by atoms with E-state index in [1.807, 2.05) is 42.2 Å². The highest BCUT2D eigenvalue weighted by Crippen LogP contribution is 2.23. The molecule has 160 valence electrons. The molecule has 0 saturated carbocycles. The Morgan fingerprint density at radius 1 is 1.00 bits per heavy atom. The van der Waals surface area contributed by atoms with Gasteiger partial charge in [0, 0.05) is 56.5 Å². The van der Waals surface area contributed by atoms with Crippen LogP contribution in [0.1, 0.15) is 28.7 Å². The van der Waals surface area contributed by atoms with Crippen LogP contribution in [0.2, 0.25) is 0 Å². The van der Waals surface area contributed by atoms with Crippen LogP contribution in [-0.2, 0) is 11.3 Å². The molecule has 0 unspecified atom stereocenters. The Morgan fingerprint density at radius 2 is 1.68 bits per heavy atom. The van der Waals surface area contributed by atoms with E-state index in [9.17, 15) is 9.59 Å². The van der Waals surface area contributed by atoms with Gasteiger partial charge in [0.05, 0.1) is 5.69 Å². The summed E-state index contributed by atoms with van der Waals surface area (Å²) in [5.41, 5.74) is 3.22. The number of piperazine rings is 1. The predicted molar refractivity (Wildman–Crippen MR) is 119 cm³/mol. The van der Waals surface area contributed by atoms with Crippen molar-refractivity contribution in [1.82, 2.24) is 14.8 Å². The van der Waals surface area contributed by atoms with Crippen LogP contribution in [0.3, 0.4) is 0 Å². The van der Waals surface area contributed by atoms with Crippen molar-refractivity contribution in [3.05, 3.63) is 71.6 Å². The summed E-state index contributed by atoms with van der Waals surface area (Å²) < 4.78 is 5.86. The summed E-state index contributed by atoms with van der Waals surface area (Å²) >= 11 is 0. The molecule has 1 N–H and O–H groups in total. The fourth-order valence-corrected chi connectivity index (χ4v) is 3.68. The maximum atomic E-state index is 12.8. The number of amides is 2. The summed E-state index contributed by atoms with van der Waals surface area (Å²) in [6, 6.07) is 16.9. The third-order valence-corrected chi connectivity index (χ3v) is 5.40. The van der Waals surface area contributed by atoms with Gasteiger partial charge in [-0.05, 0) is 43.3 Å². The smallest absolute Gasteiger partial charge is 0.253 e. The van der Waals surface area contributed by atoms with Crippen LogP contribution in [0.15, 0.2) is 59.0 Å². The van der Waals surface area contributed by atoms with Crippen molar-refractivity contribution in [3.8, 4) is 11.5 Å². The Hall–Kier alpha value is -3.45. The molecule has 31 heavy (non-hydrogen) atoms. The quantitative estimate of drug-likeness (QED) is 0.685. The van der Waals surface area contributed by atoms with Crippen molar-refractivity contribution < 1.29 is 14.0 Å². The molecule has 1 aromatic heterocycles. The molecule has 0 spiro atoms. The van der Waals surface area contributed by atoms with Crippen molar-refractivity contribution in [1.29, 1.82) is 0 Å². The summed E-state index contributed by atoms with van der Waals surface area (Å²) in [5.74, 6) is 1.35. The van der Waals surface area contributed by atoms with Crippen molar-refractivity contribution in [2.45, 2.75) is 20.4 Å². The van der Waals surface area contributed by atoms with Gasteiger partial charge in [-0.15, -0.1) is 0 Å². The second kappa shape index (κ2) is 9.14. The first-order valence-corrected chi connectivity index (χ1v) is 10.4. The summed E-state index contributed by atoms with van der Waals surface area (Å²) in [7, 11) is 0. The fraction of sp³-hybridized carbons (Fsp3) is 0.292. The highest BCUT2D eigenvalue weighted by molar-refractivity contribution is 5.95. The normalized spacial score (nSPS) is 14.5.